The number of furan rings is 1. The van der Waals surface area contributed by atoms with E-state index in [0.29, 0.717) is 5.56 Å². The normalized spacial score (nSPS) is 14.2. The van der Waals surface area contributed by atoms with Crippen molar-refractivity contribution in [3.05, 3.63) is 83.6 Å². The number of para-hydroxylation sites is 1. The van der Waals surface area contributed by atoms with Crippen molar-refractivity contribution in [2.24, 2.45) is 7.05 Å². The molecule has 0 spiro atoms. The van der Waals surface area contributed by atoms with E-state index in [0.717, 1.165) is 49.9 Å². The first-order chi connectivity index (χ1) is 18.1. The lowest BCUT2D eigenvalue weighted by Gasteiger charge is -2.27. The average molecular weight is 496 g/mol. The fourth-order valence-electron chi connectivity index (χ4n) is 5.19. The molecule has 0 aliphatic heterocycles. The Morgan fingerprint density at radius 3 is 2.31 bits per heavy atom. The fourth-order valence-corrected chi connectivity index (χ4v) is 6.35. The van der Waals surface area contributed by atoms with Crippen molar-refractivity contribution in [3.63, 3.8) is 0 Å². The Balaban J connectivity index is 1.87. The van der Waals surface area contributed by atoms with E-state index in [-0.39, 0.29) is 5.41 Å². The predicted molar refractivity (Wildman–Crippen MR) is 157 cm³/mol. The molecular weight excluding hydrogens is 454 g/mol. The summed E-state index contributed by atoms with van der Waals surface area (Å²) in [4.78, 5) is 0. The molecule has 3 aromatic carbocycles. The van der Waals surface area contributed by atoms with Crippen molar-refractivity contribution < 1.29 is 13.1 Å². The molecule has 3 heteroatoms. The largest absolute Gasteiger partial charge is 0.455 e. The maximum atomic E-state index is 8.46. The number of hydrogen-bond acceptors (Lipinski definition) is 1. The molecule has 0 unspecified atom stereocenters. The molecule has 0 fully saturated rings. The smallest absolute Gasteiger partial charge is 0.216 e. The van der Waals surface area contributed by atoms with Crippen molar-refractivity contribution in [3.8, 4) is 22.4 Å². The van der Waals surface area contributed by atoms with Crippen LogP contribution in [-0.2, 0) is 12.5 Å². The minimum atomic E-state index is -2.27. The van der Waals surface area contributed by atoms with E-state index in [9.17, 15) is 0 Å². The van der Waals surface area contributed by atoms with Gasteiger partial charge >= 0.3 is 0 Å². The second kappa shape index (κ2) is 8.45. The number of pyridine rings is 1. The first-order valence-corrected chi connectivity index (χ1v) is 16.2. The monoisotopic (exact) mass is 495 g/mol. The highest BCUT2D eigenvalue weighted by molar-refractivity contribution is 6.88. The second-order valence-electron chi connectivity index (χ2n) is 12.1. The first kappa shape index (κ1) is 21.0. The number of nitrogens with zero attached hydrogens (tertiary/aromatic N) is 1. The van der Waals surface area contributed by atoms with E-state index in [1.807, 2.05) is 29.8 Å². The minimum absolute atomic E-state index is 0.163. The third-order valence-corrected chi connectivity index (χ3v) is 9.31. The SMILES string of the molecule is [2H]C([2H])([2H])c1c[n+](C)c(-c2c(C)ccc3c2oc2ccccc23)cc1-c1ccc([Si](C)(C)C)cc1C(C)(C)C. The maximum Gasteiger partial charge on any atom is 0.216 e. The van der Waals surface area contributed by atoms with Crippen LogP contribution in [0.5, 0.6) is 0 Å². The lowest BCUT2D eigenvalue weighted by atomic mass is 9.81. The number of benzene rings is 3. The van der Waals surface area contributed by atoms with Crippen LogP contribution in [0.3, 0.4) is 0 Å². The van der Waals surface area contributed by atoms with Gasteiger partial charge < -0.3 is 4.42 Å². The van der Waals surface area contributed by atoms with Gasteiger partial charge in [-0.1, -0.05) is 94.1 Å². The third kappa shape index (κ3) is 4.10. The molecule has 0 aliphatic rings. The topological polar surface area (TPSA) is 17.0 Å². The number of fused-ring (bicyclic) bond motifs is 3. The predicted octanol–water partition coefficient (Wildman–Crippen LogP) is 8.20. The maximum absolute atomic E-state index is 8.46. The zero-order chi connectivity index (χ0) is 28.5. The summed E-state index contributed by atoms with van der Waals surface area (Å²) >= 11 is 0. The Labute approximate surface area is 220 Å². The lowest BCUT2D eigenvalue weighted by molar-refractivity contribution is -0.660. The number of aromatic nitrogens is 1. The molecule has 0 atom stereocenters. The van der Waals surface area contributed by atoms with E-state index in [1.54, 1.807) is 6.20 Å². The average Bonchev–Trinajstić information content (AvgIpc) is 3.21. The molecule has 36 heavy (non-hydrogen) atoms. The second-order valence-corrected chi connectivity index (χ2v) is 17.2. The molecule has 0 aliphatic carbocycles. The number of aryl methyl sites for hydroxylation is 3. The van der Waals surface area contributed by atoms with Gasteiger partial charge in [0.25, 0.3) is 0 Å². The molecule has 184 valence electrons. The molecule has 0 amide bonds. The highest BCUT2D eigenvalue weighted by Crippen LogP contribution is 2.39. The standard InChI is InChI=1S/C33H38NOSi/c1-21-14-16-26-25-12-10-11-13-30(25)35-32(26)31(21)29-19-27(22(2)20-34(29)6)24-17-15-23(36(7,8)9)18-28(24)33(3,4)5/h10-20H,1-9H3/q+1/i2D3. The highest BCUT2D eigenvalue weighted by atomic mass is 28.3. The molecular formula is C33H38NOSi+. The van der Waals surface area contributed by atoms with E-state index in [2.05, 4.69) is 89.8 Å². The van der Waals surface area contributed by atoms with Gasteiger partial charge in [0.05, 0.1) is 13.6 Å². The molecule has 5 rings (SSSR count). The molecule has 0 saturated carbocycles. The number of hydrogen-bond donors (Lipinski definition) is 0. The highest BCUT2D eigenvalue weighted by Gasteiger charge is 2.27. The van der Waals surface area contributed by atoms with E-state index in [4.69, 9.17) is 8.53 Å². The molecule has 2 nitrogen and oxygen atoms in total. The van der Waals surface area contributed by atoms with Gasteiger partial charge in [-0.2, -0.15) is 0 Å². The van der Waals surface area contributed by atoms with Crippen molar-refractivity contribution in [1.82, 2.24) is 0 Å². The molecule has 0 saturated heterocycles. The first-order valence-electron chi connectivity index (χ1n) is 14.2. The molecule has 0 radical (unpaired) electrons. The van der Waals surface area contributed by atoms with Gasteiger partial charge in [-0.05, 0) is 47.5 Å². The fraction of sp³-hybridized carbons (Fsp3) is 0.303. The summed E-state index contributed by atoms with van der Waals surface area (Å²) in [5, 5.41) is 3.51. The van der Waals surface area contributed by atoms with Gasteiger partial charge in [0.15, 0.2) is 6.20 Å². The van der Waals surface area contributed by atoms with Gasteiger partial charge in [-0.15, -0.1) is 0 Å². The quantitative estimate of drug-likeness (QED) is 0.182. The Kier molecular flexibility index (Phi) is 4.92. The molecule has 0 N–H and O–H groups in total. The zero-order valence-electron chi connectivity index (χ0n) is 25.7. The van der Waals surface area contributed by atoms with Crippen LogP contribution in [0.1, 0.15) is 41.6 Å². The zero-order valence-corrected chi connectivity index (χ0v) is 23.7. The summed E-state index contributed by atoms with van der Waals surface area (Å²) in [7, 11) is 0.353. The Morgan fingerprint density at radius 2 is 1.61 bits per heavy atom. The van der Waals surface area contributed by atoms with Crippen LogP contribution < -0.4 is 9.75 Å². The summed E-state index contributed by atoms with van der Waals surface area (Å²) in [6.45, 7) is 13.5. The summed E-state index contributed by atoms with van der Waals surface area (Å²) in [5.41, 5.74) is 7.76. The molecule has 0 bridgehead atoms. The third-order valence-electron chi connectivity index (χ3n) is 7.27. The Bertz CT molecular complexity index is 1730. The van der Waals surface area contributed by atoms with Crippen LogP contribution in [0.25, 0.3) is 44.3 Å². The summed E-state index contributed by atoms with van der Waals surface area (Å²) in [5.74, 6) is 0. The van der Waals surface area contributed by atoms with Crippen LogP contribution >= 0.6 is 0 Å². The van der Waals surface area contributed by atoms with Crippen LogP contribution in [-0.4, -0.2) is 8.07 Å². The van der Waals surface area contributed by atoms with Gasteiger partial charge in [0.1, 0.15) is 18.2 Å². The van der Waals surface area contributed by atoms with E-state index in [1.165, 1.54) is 10.8 Å². The minimum Gasteiger partial charge on any atom is -0.455 e. The van der Waals surface area contributed by atoms with Crippen molar-refractivity contribution in [1.29, 1.82) is 0 Å². The Hall–Kier alpha value is -3.17. The van der Waals surface area contributed by atoms with Crippen LogP contribution in [0.15, 0.2) is 71.3 Å². The van der Waals surface area contributed by atoms with Gasteiger partial charge in [0, 0.05) is 26.5 Å². The van der Waals surface area contributed by atoms with Crippen LogP contribution in [0.4, 0.5) is 0 Å². The molecule has 5 aromatic rings. The lowest BCUT2D eigenvalue weighted by Crippen LogP contribution is -2.38. The Morgan fingerprint density at radius 1 is 0.861 bits per heavy atom. The summed E-state index contributed by atoms with van der Waals surface area (Å²) < 4.78 is 33.7. The van der Waals surface area contributed by atoms with Gasteiger partial charge in [-0.3, -0.25) is 0 Å². The van der Waals surface area contributed by atoms with Crippen LogP contribution in [0.2, 0.25) is 19.6 Å². The van der Waals surface area contributed by atoms with Crippen molar-refractivity contribution in [2.45, 2.75) is 59.6 Å². The molecule has 2 heterocycles. The van der Waals surface area contributed by atoms with Crippen LogP contribution in [0, 0.1) is 13.8 Å². The van der Waals surface area contributed by atoms with Crippen molar-refractivity contribution >= 4 is 35.2 Å². The van der Waals surface area contributed by atoms with E-state index < -0.39 is 14.9 Å². The summed E-state index contributed by atoms with van der Waals surface area (Å²) in [6.07, 6.45) is 1.79. The summed E-state index contributed by atoms with van der Waals surface area (Å²) in [6, 6.07) is 21.1. The van der Waals surface area contributed by atoms with E-state index >= 15 is 0 Å². The van der Waals surface area contributed by atoms with Gasteiger partial charge in [0.2, 0.25) is 5.69 Å². The molecule has 2 aromatic heterocycles. The van der Waals surface area contributed by atoms with Gasteiger partial charge in [-0.25, -0.2) is 4.57 Å². The number of rotatable bonds is 3. The van der Waals surface area contributed by atoms with Crippen molar-refractivity contribution in [2.75, 3.05) is 0 Å².